The third-order valence-electron chi connectivity index (χ3n) is 11.8. The van der Waals surface area contributed by atoms with Crippen molar-refractivity contribution >= 4 is 5.91 Å². The van der Waals surface area contributed by atoms with Crippen LogP contribution in [0.1, 0.15) is 271 Å². The molecule has 0 heterocycles. The van der Waals surface area contributed by atoms with Gasteiger partial charge in [0.05, 0.1) is 18.8 Å². The van der Waals surface area contributed by atoms with Gasteiger partial charge in [-0.3, -0.25) is 4.79 Å². The molecule has 0 aliphatic carbocycles. The second-order valence-corrected chi connectivity index (χ2v) is 17.2. The number of nitrogens with one attached hydrogen (secondary N) is 1. The van der Waals surface area contributed by atoms with Crippen LogP contribution in [0.4, 0.5) is 0 Å². The number of aliphatic hydroxyl groups excluding tert-OH is 4. The summed E-state index contributed by atoms with van der Waals surface area (Å²) < 4.78 is 0. The van der Waals surface area contributed by atoms with Crippen molar-refractivity contribution in [2.75, 3.05) is 6.61 Å². The lowest BCUT2D eigenvalue weighted by Crippen LogP contribution is -2.53. The van der Waals surface area contributed by atoms with Crippen LogP contribution in [0, 0.1) is 0 Å². The van der Waals surface area contributed by atoms with Crippen LogP contribution in [0.25, 0.3) is 0 Å². The van der Waals surface area contributed by atoms with Gasteiger partial charge in [-0.25, -0.2) is 0 Å². The number of amides is 1. The molecular weight excluding hydrogens is 671 g/mol. The first kappa shape index (κ1) is 53.3. The molecule has 0 aromatic heterocycles. The molecule has 0 radical (unpaired) electrons. The minimum absolute atomic E-state index is 0.376. The molecule has 0 rings (SSSR count). The van der Waals surface area contributed by atoms with Gasteiger partial charge in [0.1, 0.15) is 12.2 Å². The summed E-state index contributed by atoms with van der Waals surface area (Å²) in [7, 11) is 0. The second kappa shape index (κ2) is 43.4. The Kier molecular flexibility index (Phi) is 42.9. The number of unbranched alkanes of at least 4 members (excludes halogenated alkanes) is 36. The molecule has 1 amide bonds. The van der Waals surface area contributed by atoms with E-state index in [0.29, 0.717) is 12.8 Å². The highest BCUT2D eigenvalue weighted by atomic mass is 16.3. The molecule has 0 bridgehead atoms. The van der Waals surface area contributed by atoms with Crippen LogP contribution in [0.2, 0.25) is 0 Å². The van der Waals surface area contributed by atoms with E-state index < -0.39 is 36.9 Å². The van der Waals surface area contributed by atoms with E-state index in [1.807, 2.05) is 0 Å². The molecule has 324 valence electrons. The van der Waals surface area contributed by atoms with Gasteiger partial charge >= 0.3 is 0 Å². The first-order valence-electron chi connectivity index (χ1n) is 24.4. The zero-order valence-electron chi connectivity index (χ0n) is 36.5. The van der Waals surface area contributed by atoms with Crippen molar-refractivity contribution in [1.82, 2.24) is 5.32 Å². The number of aliphatic hydroxyl groups is 4. The highest BCUT2D eigenvalue weighted by Gasteiger charge is 2.28. The molecule has 6 heteroatoms. The summed E-state index contributed by atoms with van der Waals surface area (Å²) in [5, 5.41) is 43.8. The summed E-state index contributed by atoms with van der Waals surface area (Å²) in [6.45, 7) is 4.08. The molecule has 0 spiro atoms. The summed E-state index contributed by atoms with van der Waals surface area (Å²) in [5.41, 5.74) is 0. The molecule has 0 unspecified atom stereocenters. The average molecular weight is 768 g/mol. The number of carbonyl (C=O) groups excluding carboxylic acids is 1. The van der Waals surface area contributed by atoms with Crippen molar-refractivity contribution < 1.29 is 25.2 Å². The lowest BCUT2D eigenvalue weighted by molar-refractivity contribution is -0.132. The van der Waals surface area contributed by atoms with E-state index in [1.165, 1.54) is 205 Å². The molecule has 0 saturated heterocycles. The van der Waals surface area contributed by atoms with Crippen molar-refractivity contribution in [2.45, 2.75) is 295 Å². The van der Waals surface area contributed by atoms with Crippen LogP contribution in [0.5, 0.6) is 0 Å². The smallest absolute Gasteiger partial charge is 0.249 e. The first-order chi connectivity index (χ1) is 26.5. The minimum atomic E-state index is -1.25. The van der Waals surface area contributed by atoms with Gasteiger partial charge in [-0.05, 0) is 12.8 Å². The van der Waals surface area contributed by atoms with Gasteiger partial charge in [0.15, 0.2) is 0 Å². The predicted octanol–water partition coefficient (Wildman–Crippen LogP) is 13.2. The van der Waals surface area contributed by atoms with Crippen LogP contribution < -0.4 is 5.32 Å². The van der Waals surface area contributed by atoms with Crippen molar-refractivity contribution in [3.05, 3.63) is 0 Å². The predicted molar refractivity (Wildman–Crippen MR) is 233 cm³/mol. The number of carbonyl (C=O) groups is 1. The Morgan fingerprint density at radius 2 is 0.630 bits per heavy atom. The van der Waals surface area contributed by atoms with Gasteiger partial charge in [0, 0.05) is 0 Å². The molecule has 0 aliphatic heterocycles. The van der Waals surface area contributed by atoms with Gasteiger partial charge < -0.3 is 25.7 Å². The molecule has 4 atom stereocenters. The fourth-order valence-corrected chi connectivity index (χ4v) is 7.94. The third-order valence-corrected chi connectivity index (χ3v) is 11.8. The highest BCUT2D eigenvalue weighted by Crippen LogP contribution is 2.18. The van der Waals surface area contributed by atoms with Crippen molar-refractivity contribution in [2.24, 2.45) is 0 Å². The van der Waals surface area contributed by atoms with E-state index in [4.69, 9.17) is 0 Å². The lowest BCUT2D eigenvalue weighted by Gasteiger charge is -2.27. The average Bonchev–Trinajstić information content (AvgIpc) is 3.18. The van der Waals surface area contributed by atoms with E-state index in [9.17, 15) is 25.2 Å². The molecule has 0 aromatic rings. The van der Waals surface area contributed by atoms with Crippen LogP contribution in [-0.4, -0.2) is 57.3 Å². The fraction of sp³-hybridized carbons (Fsp3) is 0.979. The van der Waals surface area contributed by atoms with Crippen LogP contribution in [0.3, 0.4) is 0 Å². The van der Waals surface area contributed by atoms with Crippen LogP contribution in [-0.2, 0) is 4.79 Å². The Morgan fingerprint density at radius 3 is 0.889 bits per heavy atom. The molecular formula is C48H97NO5. The first-order valence-corrected chi connectivity index (χ1v) is 24.4. The summed E-state index contributed by atoms with van der Waals surface area (Å²) in [6.07, 6.45) is 47.1. The number of hydrogen-bond donors (Lipinski definition) is 5. The van der Waals surface area contributed by atoms with E-state index in [0.717, 1.165) is 38.5 Å². The fourth-order valence-electron chi connectivity index (χ4n) is 7.94. The van der Waals surface area contributed by atoms with Crippen LogP contribution in [0.15, 0.2) is 0 Å². The quantitative estimate of drug-likeness (QED) is 0.0396. The van der Waals surface area contributed by atoms with Gasteiger partial charge in [-0.2, -0.15) is 0 Å². The Hall–Kier alpha value is -0.690. The largest absolute Gasteiger partial charge is 0.394 e. The SMILES string of the molecule is CCCCCCCCCCCCCCCCCCCCCCCC[C@H](O)C(=O)N[C@@H](CO)[C@H](O)[C@H](O)CCCCCCCCCCCCCCCCCC. The maximum absolute atomic E-state index is 12.5. The van der Waals surface area contributed by atoms with Gasteiger partial charge in [-0.1, -0.05) is 258 Å². The summed E-state index contributed by atoms with van der Waals surface area (Å²) in [4.78, 5) is 12.5. The monoisotopic (exact) mass is 768 g/mol. The van der Waals surface area contributed by atoms with E-state index >= 15 is 0 Å². The topological polar surface area (TPSA) is 110 Å². The van der Waals surface area contributed by atoms with E-state index in [2.05, 4.69) is 19.2 Å². The molecule has 0 aromatic carbocycles. The van der Waals surface area contributed by atoms with Gasteiger partial charge in [0.25, 0.3) is 0 Å². The summed E-state index contributed by atoms with van der Waals surface area (Å²) in [6, 6.07) is -0.979. The Labute approximate surface area is 337 Å². The third kappa shape index (κ3) is 36.9. The zero-order valence-corrected chi connectivity index (χ0v) is 36.5. The van der Waals surface area contributed by atoms with Crippen molar-refractivity contribution in [3.8, 4) is 0 Å². The Balaban J connectivity index is 3.64. The van der Waals surface area contributed by atoms with Crippen LogP contribution >= 0.6 is 0 Å². The molecule has 54 heavy (non-hydrogen) atoms. The summed E-state index contributed by atoms with van der Waals surface area (Å²) in [5.74, 6) is -0.578. The van der Waals surface area contributed by atoms with Gasteiger partial charge in [0.2, 0.25) is 5.91 Å². The molecule has 0 aliphatic rings. The van der Waals surface area contributed by atoms with Crippen molar-refractivity contribution in [3.63, 3.8) is 0 Å². The highest BCUT2D eigenvalue weighted by molar-refractivity contribution is 5.80. The molecule has 6 nitrogen and oxygen atoms in total. The maximum Gasteiger partial charge on any atom is 0.249 e. The Bertz CT molecular complexity index is 736. The standard InChI is InChI=1S/C48H97NO5/c1-3-5-7-9-11-13-15-17-19-21-22-23-24-25-26-28-30-32-34-36-38-40-42-46(52)48(54)49-44(43-50)47(53)45(51)41-39-37-35-33-31-29-27-20-18-16-14-12-10-8-6-4-2/h44-47,50-53H,3-43H2,1-2H3,(H,49,54)/t44-,45+,46-,47-/m0/s1. The lowest BCUT2D eigenvalue weighted by atomic mass is 9.99. The van der Waals surface area contributed by atoms with E-state index in [-0.39, 0.29) is 0 Å². The maximum atomic E-state index is 12.5. The van der Waals surface area contributed by atoms with E-state index in [1.54, 1.807) is 0 Å². The summed E-state index contributed by atoms with van der Waals surface area (Å²) >= 11 is 0. The number of hydrogen-bond acceptors (Lipinski definition) is 5. The molecule has 0 fully saturated rings. The van der Waals surface area contributed by atoms with Crippen molar-refractivity contribution in [1.29, 1.82) is 0 Å². The van der Waals surface area contributed by atoms with Gasteiger partial charge in [-0.15, -0.1) is 0 Å². The zero-order chi connectivity index (χ0) is 39.6. The molecule has 0 saturated carbocycles. The minimum Gasteiger partial charge on any atom is -0.394 e. The normalized spacial score (nSPS) is 14.0. The Morgan fingerprint density at radius 1 is 0.389 bits per heavy atom. The molecule has 5 N–H and O–H groups in total. The second-order valence-electron chi connectivity index (χ2n) is 17.2. The number of rotatable bonds is 45.